The maximum Gasteiger partial charge on any atom is 0.318 e. The first-order chi connectivity index (χ1) is 10.6. The molecule has 1 aromatic carbocycles. The lowest BCUT2D eigenvalue weighted by molar-refractivity contribution is 0.194. The predicted octanol–water partition coefficient (Wildman–Crippen LogP) is 2.59. The van der Waals surface area contributed by atoms with Gasteiger partial charge in [0.25, 0.3) is 0 Å². The summed E-state index contributed by atoms with van der Waals surface area (Å²) in [5, 5.41) is 10.4. The molecule has 7 heteroatoms. The van der Waals surface area contributed by atoms with Crippen molar-refractivity contribution >= 4 is 17.4 Å². The molecule has 1 aliphatic heterocycles. The van der Waals surface area contributed by atoms with Gasteiger partial charge in [0.1, 0.15) is 10.8 Å². The van der Waals surface area contributed by atoms with E-state index in [0.29, 0.717) is 23.8 Å². The van der Waals surface area contributed by atoms with Crippen LogP contribution in [0.15, 0.2) is 30.5 Å². The van der Waals surface area contributed by atoms with Gasteiger partial charge in [-0.3, -0.25) is 0 Å². The second kappa shape index (κ2) is 6.06. The number of nitrogens with zero attached hydrogens (tertiary/aromatic N) is 3. The van der Waals surface area contributed by atoms with Gasteiger partial charge in [-0.15, -0.1) is 0 Å². The van der Waals surface area contributed by atoms with Crippen LogP contribution in [0.1, 0.15) is 18.0 Å². The van der Waals surface area contributed by atoms with E-state index in [1.165, 1.54) is 25.4 Å². The summed E-state index contributed by atoms with van der Waals surface area (Å²) in [6.45, 7) is 0.362. The number of methoxy groups -OCH3 is 1. The van der Waals surface area contributed by atoms with Crippen molar-refractivity contribution in [2.45, 2.75) is 18.6 Å². The van der Waals surface area contributed by atoms with E-state index < -0.39 is 6.10 Å². The summed E-state index contributed by atoms with van der Waals surface area (Å²) < 4.78 is 18.5. The number of rotatable bonds is 3. The van der Waals surface area contributed by atoms with E-state index >= 15 is 0 Å². The largest absolute Gasteiger partial charge is 0.467 e. The number of halogens is 2. The second-order valence-electron chi connectivity index (χ2n) is 5.14. The Morgan fingerprint density at radius 1 is 1.45 bits per heavy atom. The lowest BCUT2D eigenvalue weighted by atomic mass is 10.0. The minimum atomic E-state index is -0.537. The Balaban J connectivity index is 2.01. The normalized spacial score (nSPS) is 21.2. The molecule has 0 unspecified atom stereocenters. The van der Waals surface area contributed by atoms with Crippen LogP contribution in [-0.2, 0) is 0 Å². The number of β-amino-alcohol motifs (C(OH)–C–C–N with tert-alkyl or cyclic N) is 1. The molecular formula is C15H15ClFN3O2. The average molecular weight is 324 g/mol. The van der Waals surface area contributed by atoms with E-state index in [9.17, 15) is 9.50 Å². The maximum atomic E-state index is 13.5. The number of ether oxygens (including phenoxy) is 1. The molecule has 0 spiro atoms. The zero-order valence-corrected chi connectivity index (χ0v) is 12.7. The number of aromatic nitrogens is 2. The van der Waals surface area contributed by atoms with Crippen molar-refractivity contribution in [2.75, 3.05) is 18.6 Å². The molecule has 1 fully saturated rings. The average Bonchev–Trinajstić information content (AvgIpc) is 2.89. The molecule has 0 aliphatic carbocycles. The highest BCUT2D eigenvalue weighted by Crippen LogP contribution is 2.38. The zero-order valence-electron chi connectivity index (χ0n) is 11.9. The number of benzene rings is 1. The lowest BCUT2D eigenvalue weighted by Gasteiger charge is -2.26. The molecule has 0 bridgehead atoms. The van der Waals surface area contributed by atoms with Crippen LogP contribution in [0.2, 0.25) is 5.02 Å². The van der Waals surface area contributed by atoms with Crippen molar-refractivity contribution < 1.29 is 14.2 Å². The van der Waals surface area contributed by atoms with Gasteiger partial charge in [-0.25, -0.2) is 9.37 Å². The molecule has 0 saturated carbocycles. The van der Waals surface area contributed by atoms with Crippen LogP contribution in [0, 0.1) is 5.82 Å². The van der Waals surface area contributed by atoms with E-state index in [1.54, 1.807) is 6.07 Å². The van der Waals surface area contributed by atoms with Crippen molar-refractivity contribution in [2.24, 2.45) is 0 Å². The number of anilines is 1. The first kappa shape index (κ1) is 15.0. The predicted molar refractivity (Wildman–Crippen MR) is 80.7 cm³/mol. The highest BCUT2D eigenvalue weighted by molar-refractivity contribution is 6.32. The lowest BCUT2D eigenvalue weighted by Crippen LogP contribution is -2.25. The Labute approximate surface area is 132 Å². The van der Waals surface area contributed by atoms with Crippen molar-refractivity contribution in [3.8, 4) is 6.01 Å². The molecule has 5 nitrogen and oxygen atoms in total. The van der Waals surface area contributed by atoms with Crippen LogP contribution in [0.4, 0.5) is 10.2 Å². The Kier molecular flexibility index (Phi) is 4.13. The fourth-order valence-electron chi connectivity index (χ4n) is 2.72. The summed E-state index contributed by atoms with van der Waals surface area (Å²) in [6.07, 6.45) is 1.40. The summed E-state index contributed by atoms with van der Waals surface area (Å²) in [5.41, 5.74) is 0.769. The Morgan fingerprint density at radius 2 is 2.27 bits per heavy atom. The van der Waals surface area contributed by atoms with E-state index in [-0.39, 0.29) is 17.9 Å². The monoisotopic (exact) mass is 323 g/mol. The first-order valence-electron chi connectivity index (χ1n) is 6.85. The highest BCUT2D eigenvalue weighted by Gasteiger charge is 2.34. The van der Waals surface area contributed by atoms with Crippen LogP contribution >= 0.6 is 11.6 Å². The van der Waals surface area contributed by atoms with Gasteiger partial charge in [-0.1, -0.05) is 23.7 Å². The third-order valence-corrected chi connectivity index (χ3v) is 3.94. The van der Waals surface area contributed by atoms with Crippen LogP contribution in [-0.4, -0.2) is 34.8 Å². The van der Waals surface area contributed by atoms with Gasteiger partial charge < -0.3 is 14.7 Å². The minimum Gasteiger partial charge on any atom is -0.467 e. The van der Waals surface area contributed by atoms with Crippen LogP contribution in [0.3, 0.4) is 0 Å². The number of aliphatic hydroxyl groups excluding tert-OH is 1. The molecule has 1 aliphatic rings. The number of hydrogen-bond acceptors (Lipinski definition) is 5. The standard InChI is InChI=1S/C15H15ClFN3O2/c1-22-15-18-7-12(16)14(19-15)20-8-11(21)6-13(20)9-3-2-4-10(17)5-9/h2-5,7,11,13,21H,6,8H2,1H3/t11-,13-/m0/s1. The zero-order chi connectivity index (χ0) is 15.7. The summed E-state index contributed by atoms with van der Waals surface area (Å²) in [4.78, 5) is 10.1. The molecule has 0 amide bonds. The molecular weight excluding hydrogens is 309 g/mol. The molecule has 2 atom stereocenters. The van der Waals surface area contributed by atoms with Gasteiger partial charge in [-0.05, 0) is 24.1 Å². The molecule has 1 N–H and O–H groups in total. The smallest absolute Gasteiger partial charge is 0.318 e. The van der Waals surface area contributed by atoms with Crippen molar-refractivity contribution in [1.29, 1.82) is 0 Å². The minimum absolute atomic E-state index is 0.193. The van der Waals surface area contributed by atoms with Crippen molar-refractivity contribution in [1.82, 2.24) is 9.97 Å². The molecule has 1 aromatic heterocycles. The summed E-state index contributed by atoms with van der Waals surface area (Å²) in [5.74, 6) is 0.157. The van der Waals surface area contributed by atoms with E-state index in [2.05, 4.69) is 9.97 Å². The first-order valence-corrected chi connectivity index (χ1v) is 7.23. The SMILES string of the molecule is COc1ncc(Cl)c(N2C[C@@H](O)C[C@H]2c2cccc(F)c2)n1. The Hall–Kier alpha value is -1.92. The fraction of sp³-hybridized carbons (Fsp3) is 0.333. The van der Waals surface area contributed by atoms with Crippen LogP contribution in [0.5, 0.6) is 6.01 Å². The van der Waals surface area contributed by atoms with Crippen LogP contribution < -0.4 is 9.64 Å². The molecule has 2 aromatic rings. The molecule has 0 radical (unpaired) electrons. The number of hydrogen-bond donors (Lipinski definition) is 1. The third kappa shape index (κ3) is 2.84. The van der Waals surface area contributed by atoms with Crippen molar-refractivity contribution in [3.05, 3.63) is 46.9 Å². The second-order valence-corrected chi connectivity index (χ2v) is 5.55. The number of aliphatic hydroxyl groups is 1. The molecule has 2 heterocycles. The Morgan fingerprint density at radius 3 is 3.00 bits per heavy atom. The van der Waals surface area contributed by atoms with Crippen molar-refractivity contribution in [3.63, 3.8) is 0 Å². The van der Waals surface area contributed by atoms with Gasteiger partial charge in [0.15, 0.2) is 5.82 Å². The Bertz CT molecular complexity index is 686. The van der Waals surface area contributed by atoms with Gasteiger partial charge in [-0.2, -0.15) is 4.98 Å². The summed E-state index contributed by atoms with van der Waals surface area (Å²) in [7, 11) is 1.47. The van der Waals surface area contributed by atoms with Gasteiger partial charge >= 0.3 is 6.01 Å². The summed E-state index contributed by atoms with van der Waals surface area (Å²) in [6, 6.07) is 6.31. The highest BCUT2D eigenvalue weighted by atomic mass is 35.5. The quantitative estimate of drug-likeness (QED) is 0.941. The topological polar surface area (TPSA) is 58.5 Å². The molecule has 22 heavy (non-hydrogen) atoms. The molecule has 1 saturated heterocycles. The van der Waals surface area contributed by atoms with Gasteiger partial charge in [0.2, 0.25) is 0 Å². The fourth-order valence-corrected chi connectivity index (χ4v) is 2.92. The molecule has 116 valence electrons. The van der Waals surface area contributed by atoms with Gasteiger partial charge in [0, 0.05) is 6.54 Å². The van der Waals surface area contributed by atoms with Gasteiger partial charge in [0.05, 0.1) is 25.5 Å². The van der Waals surface area contributed by atoms with Crippen LogP contribution in [0.25, 0.3) is 0 Å². The molecule has 3 rings (SSSR count). The third-order valence-electron chi connectivity index (χ3n) is 3.67. The maximum absolute atomic E-state index is 13.5. The van der Waals surface area contributed by atoms with E-state index in [1.807, 2.05) is 11.0 Å². The summed E-state index contributed by atoms with van der Waals surface area (Å²) >= 11 is 6.19. The van der Waals surface area contributed by atoms with E-state index in [0.717, 1.165) is 5.56 Å². The van der Waals surface area contributed by atoms with E-state index in [4.69, 9.17) is 16.3 Å².